The van der Waals surface area contributed by atoms with Gasteiger partial charge < -0.3 is 20.5 Å². The minimum absolute atomic E-state index is 0.0463. The first-order valence-corrected chi connectivity index (χ1v) is 7.66. The number of esters is 1. The summed E-state index contributed by atoms with van der Waals surface area (Å²) in [7, 11) is 0. The maximum Gasteiger partial charge on any atom is 0.408 e. The van der Waals surface area contributed by atoms with E-state index in [1.807, 2.05) is 30.3 Å². The van der Waals surface area contributed by atoms with Gasteiger partial charge in [0, 0.05) is 6.42 Å². The molecule has 24 heavy (non-hydrogen) atoms. The second-order valence-electron chi connectivity index (χ2n) is 6.30. The van der Waals surface area contributed by atoms with Gasteiger partial charge in [0.1, 0.15) is 18.2 Å². The molecule has 0 radical (unpaired) electrons. The Balaban J connectivity index is 2.60. The van der Waals surface area contributed by atoms with E-state index in [0.717, 1.165) is 5.56 Å². The molecule has 0 bridgehead atoms. The number of nitrogens with one attached hydrogen (secondary N) is 1. The summed E-state index contributed by atoms with van der Waals surface area (Å²) in [5.74, 6) is -1.21. The SMILES string of the molecule is CC(C)(C)OC(=O)[C@@H](CCC(N)=O)NC(=O)OCc1ccccc1. The van der Waals surface area contributed by atoms with Crippen LogP contribution in [0.25, 0.3) is 0 Å². The van der Waals surface area contributed by atoms with Crippen LogP contribution in [0.5, 0.6) is 0 Å². The fourth-order valence-corrected chi connectivity index (χ4v) is 1.82. The molecule has 0 unspecified atom stereocenters. The molecule has 2 amide bonds. The summed E-state index contributed by atoms with van der Waals surface area (Å²) < 4.78 is 10.3. The van der Waals surface area contributed by atoms with Crippen molar-refractivity contribution in [2.45, 2.75) is 51.9 Å². The minimum atomic E-state index is -1.00. The molecule has 0 saturated heterocycles. The number of nitrogens with two attached hydrogens (primary N) is 1. The Morgan fingerprint density at radius 3 is 2.33 bits per heavy atom. The second kappa shape index (κ2) is 8.90. The number of rotatable bonds is 7. The molecule has 0 spiro atoms. The fraction of sp³-hybridized carbons (Fsp3) is 0.471. The molecule has 1 aromatic carbocycles. The molecule has 0 aliphatic heterocycles. The van der Waals surface area contributed by atoms with Crippen LogP contribution >= 0.6 is 0 Å². The van der Waals surface area contributed by atoms with Crippen molar-refractivity contribution in [2.24, 2.45) is 5.73 Å². The van der Waals surface area contributed by atoms with E-state index in [2.05, 4.69) is 5.32 Å². The van der Waals surface area contributed by atoms with E-state index in [4.69, 9.17) is 15.2 Å². The van der Waals surface area contributed by atoms with Crippen LogP contribution in [0.3, 0.4) is 0 Å². The normalized spacial score (nSPS) is 12.1. The van der Waals surface area contributed by atoms with Crippen molar-refractivity contribution in [3.8, 4) is 0 Å². The van der Waals surface area contributed by atoms with Gasteiger partial charge in [-0.1, -0.05) is 30.3 Å². The van der Waals surface area contributed by atoms with E-state index in [1.54, 1.807) is 20.8 Å². The largest absolute Gasteiger partial charge is 0.458 e. The summed E-state index contributed by atoms with van der Waals surface area (Å²) in [6.07, 6.45) is -0.771. The lowest BCUT2D eigenvalue weighted by Gasteiger charge is -2.24. The maximum atomic E-state index is 12.1. The number of amides is 2. The molecule has 0 aromatic heterocycles. The highest BCUT2D eigenvalue weighted by Crippen LogP contribution is 2.11. The molecule has 7 heteroatoms. The zero-order valence-electron chi connectivity index (χ0n) is 14.2. The summed E-state index contributed by atoms with van der Waals surface area (Å²) in [6, 6.07) is 8.13. The fourth-order valence-electron chi connectivity index (χ4n) is 1.82. The third kappa shape index (κ3) is 8.17. The zero-order chi connectivity index (χ0) is 18.2. The summed E-state index contributed by atoms with van der Waals surface area (Å²) in [4.78, 5) is 35.0. The summed E-state index contributed by atoms with van der Waals surface area (Å²) in [6.45, 7) is 5.21. The van der Waals surface area contributed by atoms with Gasteiger partial charge in [-0.15, -0.1) is 0 Å². The second-order valence-corrected chi connectivity index (χ2v) is 6.30. The molecule has 1 atom stereocenters. The van der Waals surface area contributed by atoms with Gasteiger partial charge in [0.05, 0.1) is 0 Å². The number of ether oxygens (including phenoxy) is 2. The average Bonchev–Trinajstić information content (AvgIpc) is 2.48. The Bertz CT molecular complexity index is 566. The van der Waals surface area contributed by atoms with Crippen LogP contribution in [0, 0.1) is 0 Å². The highest BCUT2D eigenvalue weighted by Gasteiger charge is 2.27. The Morgan fingerprint density at radius 2 is 1.79 bits per heavy atom. The number of alkyl carbamates (subject to hydrolysis) is 1. The highest BCUT2D eigenvalue weighted by atomic mass is 16.6. The maximum absolute atomic E-state index is 12.1. The van der Waals surface area contributed by atoms with Crippen molar-refractivity contribution in [1.29, 1.82) is 0 Å². The van der Waals surface area contributed by atoms with Crippen LogP contribution in [0.1, 0.15) is 39.2 Å². The molecule has 3 N–H and O–H groups in total. The average molecular weight is 336 g/mol. The van der Waals surface area contributed by atoms with Crippen LogP contribution in [0.2, 0.25) is 0 Å². The van der Waals surface area contributed by atoms with Crippen LogP contribution in [-0.2, 0) is 25.7 Å². The lowest BCUT2D eigenvalue weighted by atomic mass is 10.1. The highest BCUT2D eigenvalue weighted by molar-refractivity contribution is 5.82. The molecular formula is C17H24N2O5. The van der Waals surface area contributed by atoms with Crippen molar-refractivity contribution in [1.82, 2.24) is 5.32 Å². The predicted molar refractivity (Wildman–Crippen MR) is 87.8 cm³/mol. The Labute approximate surface area is 141 Å². The standard InChI is InChI=1S/C17H24N2O5/c1-17(2,3)24-15(21)13(9-10-14(18)20)19-16(22)23-11-12-7-5-4-6-8-12/h4-8,13H,9-11H2,1-3H3,(H2,18,20)(H,19,22)/t13-/m1/s1. The molecule has 1 aromatic rings. The monoisotopic (exact) mass is 336 g/mol. The zero-order valence-corrected chi connectivity index (χ0v) is 14.2. The Morgan fingerprint density at radius 1 is 1.17 bits per heavy atom. The molecule has 0 aliphatic carbocycles. The van der Waals surface area contributed by atoms with Crippen molar-refractivity contribution in [3.05, 3.63) is 35.9 Å². The smallest absolute Gasteiger partial charge is 0.408 e. The Hall–Kier alpha value is -2.57. The summed E-state index contributed by atoms with van der Waals surface area (Å²) in [5.41, 5.74) is 5.21. The molecule has 1 rings (SSSR count). The number of hydrogen-bond acceptors (Lipinski definition) is 5. The first kappa shape index (κ1) is 19.5. The number of carbonyl (C=O) groups excluding carboxylic acids is 3. The van der Waals surface area contributed by atoms with E-state index in [9.17, 15) is 14.4 Å². The van der Waals surface area contributed by atoms with Gasteiger partial charge in [0.2, 0.25) is 5.91 Å². The van der Waals surface area contributed by atoms with Crippen LogP contribution in [0.4, 0.5) is 4.79 Å². The predicted octanol–water partition coefficient (Wildman–Crippen LogP) is 1.89. The third-order valence-corrected chi connectivity index (χ3v) is 2.88. The van der Waals surface area contributed by atoms with Gasteiger partial charge in [-0.25, -0.2) is 9.59 Å². The van der Waals surface area contributed by atoms with Crippen molar-refractivity contribution in [2.75, 3.05) is 0 Å². The van der Waals surface area contributed by atoms with E-state index >= 15 is 0 Å². The molecular weight excluding hydrogens is 312 g/mol. The van der Waals surface area contributed by atoms with Gasteiger partial charge in [0.25, 0.3) is 0 Å². The van der Waals surface area contributed by atoms with Crippen molar-refractivity contribution >= 4 is 18.0 Å². The van der Waals surface area contributed by atoms with Gasteiger partial charge in [-0.2, -0.15) is 0 Å². The lowest BCUT2D eigenvalue weighted by molar-refractivity contribution is -0.157. The van der Waals surface area contributed by atoms with Crippen LogP contribution in [-0.4, -0.2) is 29.6 Å². The molecule has 0 aliphatic rings. The first-order valence-electron chi connectivity index (χ1n) is 7.66. The van der Waals surface area contributed by atoms with E-state index in [0.29, 0.717) is 0 Å². The van der Waals surface area contributed by atoms with Crippen LogP contribution in [0.15, 0.2) is 30.3 Å². The van der Waals surface area contributed by atoms with Crippen LogP contribution < -0.4 is 11.1 Å². The number of benzene rings is 1. The lowest BCUT2D eigenvalue weighted by Crippen LogP contribution is -2.44. The first-order chi connectivity index (χ1) is 11.2. The molecule has 132 valence electrons. The van der Waals surface area contributed by atoms with Gasteiger partial charge in [0.15, 0.2) is 0 Å². The Kier molecular flexibility index (Phi) is 7.23. The summed E-state index contributed by atoms with van der Waals surface area (Å²) >= 11 is 0. The van der Waals surface area contributed by atoms with E-state index < -0.39 is 29.6 Å². The van der Waals surface area contributed by atoms with Gasteiger partial charge in [-0.3, -0.25) is 4.79 Å². The van der Waals surface area contributed by atoms with Gasteiger partial charge in [-0.05, 0) is 32.8 Å². The minimum Gasteiger partial charge on any atom is -0.458 e. The van der Waals surface area contributed by atoms with E-state index in [-0.39, 0.29) is 19.4 Å². The number of carbonyl (C=O) groups is 3. The third-order valence-electron chi connectivity index (χ3n) is 2.88. The quantitative estimate of drug-likeness (QED) is 0.739. The topological polar surface area (TPSA) is 108 Å². The van der Waals surface area contributed by atoms with E-state index in [1.165, 1.54) is 0 Å². The van der Waals surface area contributed by atoms with Gasteiger partial charge >= 0.3 is 12.1 Å². The van der Waals surface area contributed by atoms with Crippen molar-refractivity contribution in [3.63, 3.8) is 0 Å². The number of primary amides is 1. The summed E-state index contributed by atoms with van der Waals surface area (Å²) in [5, 5.41) is 2.42. The molecule has 7 nitrogen and oxygen atoms in total. The molecule has 0 saturated carbocycles. The number of hydrogen-bond donors (Lipinski definition) is 2. The molecule has 0 fully saturated rings. The molecule has 0 heterocycles. The van der Waals surface area contributed by atoms with Crippen molar-refractivity contribution < 1.29 is 23.9 Å².